The van der Waals surface area contributed by atoms with E-state index >= 15 is 0 Å². The minimum atomic E-state index is -0.901. The Morgan fingerprint density at radius 2 is 1.85 bits per heavy atom. The van der Waals surface area contributed by atoms with Crippen LogP contribution in [-0.4, -0.2) is 28.7 Å². The SMILES string of the molecule is Cc1nc(-c2cccc(Br)c2)ccc1C(=O)NNC(=O)C(=O)NC1CC1. The fourth-order valence-corrected chi connectivity index (χ4v) is 2.73. The van der Waals surface area contributed by atoms with Crippen LogP contribution in [0, 0.1) is 6.92 Å². The molecule has 0 atom stereocenters. The predicted molar refractivity (Wildman–Crippen MR) is 98.9 cm³/mol. The van der Waals surface area contributed by atoms with Gasteiger partial charge in [-0.25, -0.2) is 0 Å². The zero-order valence-corrected chi connectivity index (χ0v) is 15.6. The second-order valence-electron chi connectivity index (χ2n) is 6.00. The highest BCUT2D eigenvalue weighted by Gasteiger charge is 2.26. The standard InChI is InChI=1S/C18H17BrN4O3/c1-10-14(7-8-15(20-10)11-3-2-4-12(19)9-11)16(24)22-23-18(26)17(25)21-13-5-6-13/h2-4,7-9,13H,5-6H2,1H3,(H,21,25)(H,22,24)(H,23,26). The van der Waals surface area contributed by atoms with Crippen molar-refractivity contribution in [3.8, 4) is 11.3 Å². The summed E-state index contributed by atoms with van der Waals surface area (Å²) in [5.41, 5.74) is 6.81. The van der Waals surface area contributed by atoms with Gasteiger partial charge in [0.05, 0.1) is 17.0 Å². The van der Waals surface area contributed by atoms with E-state index in [0.29, 0.717) is 11.3 Å². The highest BCUT2D eigenvalue weighted by molar-refractivity contribution is 9.10. The van der Waals surface area contributed by atoms with Gasteiger partial charge in [0, 0.05) is 16.1 Å². The maximum Gasteiger partial charge on any atom is 0.327 e. The molecule has 7 nitrogen and oxygen atoms in total. The van der Waals surface area contributed by atoms with Crippen LogP contribution in [0.15, 0.2) is 40.9 Å². The zero-order valence-electron chi connectivity index (χ0n) is 14.0. The molecule has 0 bridgehead atoms. The lowest BCUT2D eigenvalue weighted by Crippen LogP contribution is -2.49. The second-order valence-corrected chi connectivity index (χ2v) is 6.91. The third-order valence-corrected chi connectivity index (χ3v) is 4.35. The number of benzene rings is 1. The van der Waals surface area contributed by atoms with E-state index in [1.165, 1.54) is 0 Å². The third kappa shape index (κ3) is 4.45. The lowest BCUT2D eigenvalue weighted by atomic mass is 10.1. The number of aryl methyl sites for hydroxylation is 1. The molecule has 1 aliphatic rings. The molecule has 0 saturated heterocycles. The minimum Gasteiger partial charge on any atom is -0.345 e. The van der Waals surface area contributed by atoms with Crippen molar-refractivity contribution < 1.29 is 14.4 Å². The van der Waals surface area contributed by atoms with Crippen molar-refractivity contribution in [2.45, 2.75) is 25.8 Å². The monoisotopic (exact) mass is 416 g/mol. The number of pyridine rings is 1. The Bertz CT molecular complexity index is 880. The van der Waals surface area contributed by atoms with E-state index in [0.717, 1.165) is 28.6 Å². The summed E-state index contributed by atoms with van der Waals surface area (Å²) in [6, 6.07) is 11.1. The molecule has 1 aromatic carbocycles. The predicted octanol–water partition coefficient (Wildman–Crippen LogP) is 1.86. The first kappa shape index (κ1) is 18.1. The molecular weight excluding hydrogens is 400 g/mol. The third-order valence-electron chi connectivity index (χ3n) is 3.86. The average Bonchev–Trinajstić information content (AvgIpc) is 3.43. The summed E-state index contributed by atoms with van der Waals surface area (Å²) in [5, 5.41) is 2.54. The van der Waals surface area contributed by atoms with Crippen LogP contribution in [0.4, 0.5) is 0 Å². The van der Waals surface area contributed by atoms with Gasteiger partial charge < -0.3 is 5.32 Å². The number of amides is 3. The molecule has 3 N–H and O–H groups in total. The largest absolute Gasteiger partial charge is 0.345 e. The lowest BCUT2D eigenvalue weighted by Gasteiger charge is -2.10. The molecule has 1 aromatic heterocycles. The van der Waals surface area contributed by atoms with Gasteiger partial charge in [0.2, 0.25) is 0 Å². The smallest absolute Gasteiger partial charge is 0.327 e. The van der Waals surface area contributed by atoms with Crippen LogP contribution in [0.1, 0.15) is 28.9 Å². The van der Waals surface area contributed by atoms with Gasteiger partial charge >= 0.3 is 11.8 Å². The summed E-state index contributed by atoms with van der Waals surface area (Å²) in [5.74, 6) is -2.20. The molecule has 134 valence electrons. The van der Waals surface area contributed by atoms with Gasteiger partial charge in [0.25, 0.3) is 5.91 Å². The quantitative estimate of drug-likeness (QED) is 0.524. The van der Waals surface area contributed by atoms with Crippen molar-refractivity contribution in [2.75, 3.05) is 0 Å². The number of nitrogens with one attached hydrogen (secondary N) is 3. The first-order valence-electron chi connectivity index (χ1n) is 8.09. The van der Waals surface area contributed by atoms with Crippen molar-refractivity contribution in [1.29, 1.82) is 0 Å². The number of hydrogen-bond donors (Lipinski definition) is 3. The van der Waals surface area contributed by atoms with Crippen molar-refractivity contribution in [2.24, 2.45) is 0 Å². The van der Waals surface area contributed by atoms with Crippen LogP contribution in [0.25, 0.3) is 11.3 Å². The van der Waals surface area contributed by atoms with E-state index < -0.39 is 17.7 Å². The van der Waals surface area contributed by atoms with Crippen LogP contribution in [0.5, 0.6) is 0 Å². The number of hydrazine groups is 1. The van der Waals surface area contributed by atoms with E-state index in [2.05, 4.69) is 37.1 Å². The summed E-state index contributed by atoms with van der Waals surface area (Å²) in [4.78, 5) is 39.9. The first-order chi connectivity index (χ1) is 12.4. The molecule has 8 heteroatoms. The molecule has 3 amide bonds. The summed E-state index contributed by atoms with van der Waals surface area (Å²) in [6.45, 7) is 1.71. The molecule has 26 heavy (non-hydrogen) atoms. The van der Waals surface area contributed by atoms with E-state index in [-0.39, 0.29) is 6.04 Å². The Hall–Kier alpha value is -2.74. The fraction of sp³-hybridized carbons (Fsp3) is 0.222. The van der Waals surface area contributed by atoms with Gasteiger partial charge in [-0.2, -0.15) is 0 Å². The van der Waals surface area contributed by atoms with Crippen LogP contribution < -0.4 is 16.2 Å². The van der Waals surface area contributed by atoms with Crippen molar-refractivity contribution in [3.05, 3.63) is 52.1 Å². The fourth-order valence-electron chi connectivity index (χ4n) is 2.33. The topological polar surface area (TPSA) is 100 Å². The minimum absolute atomic E-state index is 0.0703. The maximum atomic E-state index is 12.2. The molecule has 0 spiro atoms. The van der Waals surface area contributed by atoms with Gasteiger partial charge in [-0.05, 0) is 44.0 Å². The first-order valence-corrected chi connectivity index (χ1v) is 8.88. The van der Waals surface area contributed by atoms with Crippen LogP contribution >= 0.6 is 15.9 Å². The molecule has 0 radical (unpaired) electrons. The van der Waals surface area contributed by atoms with E-state index in [4.69, 9.17) is 0 Å². The van der Waals surface area contributed by atoms with Gasteiger partial charge in [-0.1, -0.05) is 28.1 Å². The van der Waals surface area contributed by atoms with Crippen LogP contribution in [-0.2, 0) is 9.59 Å². The Kier molecular flexibility index (Phi) is 5.32. The molecule has 1 saturated carbocycles. The van der Waals surface area contributed by atoms with Gasteiger partial charge in [-0.3, -0.25) is 30.2 Å². The molecule has 1 aliphatic carbocycles. The Morgan fingerprint density at radius 3 is 2.50 bits per heavy atom. The van der Waals surface area contributed by atoms with E-state index in [9.17, 15) is 14.4 Å². The molecule has 1 fully saturated rings. The number of rotatable bonds is 3. The summed E-state index contributed by atoms with van der Waals surface area (Å²) >= 11 is 3.42. The van der Waals surface area contributed by atoms with Crippen molar-refractivity contribution in [3.63, 3.8) is 0 Å². The van der Waals surface area contributed by atoms with Crippen molar-refractivity contribution >= 4 is 33.7 Å². The highest BCUT2D eigenvalue weighted by Crippen LogP contribution is 2.22. The number of aromatic nitrogens is 1. The van der Waals surface area contributed by atoms with E-state index in [1.807, 2.05) is 24.3 Å². The molecule has 0 aliphatic heterocycles. The number of carbonyl (C=O) groups is 3. The van der Waals surface area contributed by atoms with Crippen molar-refractivity contribution in [1.82, 2.24) is 21.2 Å². The lowest BCUT2D eigenvalue weighted by molar-refractivity contribution is -0.139. The Morgan fingerprint density at radius 1 is 1.08 bits per heavy atom. The Balaban J connectivity index is 1.64. The molecule has 2 aromatic rings. The zero-order chi connectivity index (χ0) is 18.7. The Labute approximate surface area is 158 Å². The van der Waals surface area contributed by atoms with Gasteiger partial charge in [0.1, 0.15) is 0 Å². The number of hydrogen-bond acceptors (Lipinski definition) is 4. The second kappa shape index (κ2) is 7.65. The number of carbonyl (C=O) groups excluding carboxylic acids is 3. The number of nitrogens with zero attached hydrogens (tertiary/aromatic N) is 1. The van der Waals surface area contributed by atoms with Crippen LogP contribution in [0.2, 0.25) is 0 Å². The van der Waals surface area contributed by atoms with Gasteiger partial charge in [0.15, 0.2) is 0 Å². The summed E-state index contributed by atoms with van der Waals surface area (Å²) < 4.78 is 0.934. The summed E-state index contributed by atoms with van der Waals surface area (Å²) in [6.07, 6.45) is 1.75. The molecule has 1 heterocycles. The van der Waals surface area contributed by atoms with Gasteiger partial charge in [-0.15, -0.1) is 0 Å². The van der Waals surface area contributed by atoms with E-state index in [1.54, 1.807) is 19.1 Å². The molecular formula is C18H17BrN4O3. The molecule has 3 rings (SSSR count). The summed E-state index contributed by atoms with van der Waals surface area (Å²) in [7, 11) is 0. The normalized spacial score (nSPS) is 13.0. The maximum absolute atomic E-state index is 12.2. The van der Waals surface area contributed by atoms with Crippen LogP contribution in [0.3, 0.4) is 0 Å². The number of halogens is 1. The average molecular weight is 417 g/mol. The highest BCUT2D eigenvalue weighted by atomic mass is 79.9. The molecule has 0 unspecified atom stereocenters.